The summed E-state index contributed by atoms with van der Waals surface area (Å²) in [6, 6.07) is 15.9. The van der Waals surface area contributed by atoms with E-state index in [9.17, 15) is 9.90 Å². The highest BCUT2D eigenvalue weighted by molar-refractivity contribution is 5.92. The molecule has 1 heterocycles. The van der Waals surface area contributed by atoms with Gasteiger partial charge >= 0.3 is 0 Å². The fourth-order valence-electron chi connectivity index (χ4n) is 3.94. The minimum absolute atomic E-state index is 0.0230. The van der Waals surface area contributed by atoms with Crippen LogP contribution < -0.4 is 10.1 Å². The van der Waals surface area contributed by atoms with Gasteiger partial charge in [-0.15, -0.1) is 0 Å². The second-order valence-electron chi connectivity index (χ2n) is 8.46. The lowest BCUT2D eigenvalue weighted by Crippen LogP contribution is -2.34. The van der Waals surface area contributed by atoms with Crippen molar-refractivity contribution in [3.05, 3.63) is 59.7 Å². The van der Waals surface area contributed by atoms with Crippen LogP contribution >= 0.6 is 0 Å². The normalized spacial score (nSPS) is 16.4. The number of aliphatic hydroxyl groups is 1. The van der Waals surface area contributed by atoms with Crippen LogP contribution in [0, 0.1) is 5.92 Å². The average Bonchev–Trinajstić information content (AvgIpc) is 2.78. The van der Waals surface area contributed by atoms with Crippen LogP contribution in [0.25, 0.3) is 0 Å². The molecule has 1 aliphatic rings. The minimum Gasteiger partial charge on any atom is -0.497 e. The third-order valence-corrected chi connectivity index (χ3v) is 5.96. The highest BCUT2D eigenvalue weighted by Crippen LogP contribution is 2.30. The number of nitrogens with zero attached hydrogens (tertiary/aromatic N) is 1. The lowest BCUT2D eigenvalue weighted by Gasteiger charge is -2.32. The van der Waals surface area contributed by atoms with Crippen molar-refractivity contribution in [3.63, 3.8) is 0 Å². The Morgan fingerprint density at radius 2 is 1.87 bits per heavy atom. The molecule has 0 spiro atoms. The topological polar surface area (TPSA) is 61.8 Å². The molecule has 162 valence electrons. The maximum Gasteiger partial charge on any atom is 0.226 e. The van der Waals surface area contributed by atoms with E-state index in [0.717, 1.165) is 55.9 Å². The predicted octanol–water partition coefficient (Wildman–Crippen LogP) is 4.59. The van der Waals surface area contributed by atoms with Gasteiger partial charge in [0.05, 0.1) is 13.2 Å². The van der Waals surface area contributed by atoms with E-state index in [4.69, 9.17) is 4.74 Å². The molecule has 5 nitrogen and oxygen atoms in total. The van der Waals surface area contributed by atoms with Crippen LogP contribution in [0.4, 0.5) is 5.69 Å². The van der Waals surface area contributed by atoms with Crippen LogP contribution in [0.5, 0.6) is 5.75 Å². The molecule has 1 unspecified atom stereocenters. The van der Waals surface area contributed by atoms with Crippen LogP contribution in [0.3, 0.4) is 0 Å². The number of methoxy groups -OCH3 is 1. The number of anilines is 1. The van der Waals surface area contributed by atoms with Crippen molar-refractivity contribution >= 4 is 11.6 Å². The number of benzene rings is 2. The predicted molar refractivity (Wildman–Crippen MR) is 121 cm³/mol. The van der Waals surface area contributed by atoms with E-state index in [1.54, 1.807) is 7.11 Å². The summed E-state index contributed by atoms with van der Waals surface area (Å²) in [6.45, 7) is 6.76. The SMILES string of the molecule is COc1ccc(C(O)CCN2CCC(c3cccc(NC(=O)C(C)C)c3)CC2)cc1. The number of hydrogen-bond donors (Lipinski definition) is 2. The number of ether oxygens (including phenoxy) is 1. The third kappa shape index (κ3) is 6.07. The second-order valence-corrected chi connectivity index (χ2v) is 8.46. The fraction of sp³-hybridized carbons (Fsp3) is 0.480. The molecule has 1 fully saturated rings. The number of amides is 1. The number of nitrogens with one attached hydrogen (secondary N) is 1. The van der Waals surface area contributed by atoms with Gasteiger partial charge in [-0.05, 0) is 73.7 Å². The van der Waals surface area contributed by atoms with Crippen molar-refractivity contribution < 1.29 is 14.6 Å². The molecule has 2 N–H and O–H groups in total. The van der Waals surface area contributed by atoms with Crippen molar-refractivity contribution in [3.8, 4) is 5.75 Å². The molecular weight excluding hydrogens is 376 g/mol. The largest absolute Gasteiger partial charge is 0.497 e. The molecule has 0 radical (unpaired) electrons. The van der Waals surface area contributed by atoms with Crippen molar-refractivity contribution in [1.29, 1.82) is 0 Å². The van der Waals surface area contributed by atoms with Crippen molar-refractivity contribution in [2.75, 3.05) is 32.1 Å². The van der Waals surface area contributed by atoms with Gasteiger partial charge in [0.2, 0.25) is 5.91 Å². The summed E-state index contributed by atoms with van der Waals surface area (Å²) in [7, 11) is 1.65. The molecular formula is C25H34N2O3. The lowest BCUT2D eigenvalue weighted by molar-refractivity contribution is -0.118. The first-order valence-corrected chi connectivity index (χ1v) is 10.9. The third-order valence-electron chi connectivity index (χ3n) is 5.96. The second kappa shape index (κ2) is 10.6. The molecule has 2 aromatic rings. The van der Waals surface area contributed by atoms with Crippen molar-refractivity contribution in [1.82, 2.24) is 4.90 Å². The Morgan fingerprint density at radius 3 is 2.50 bits per heavy atom. The first-order chi connectivity index (χ1) is 14.5. The first-order valence-electron chi connectivity index (χ1n) is 10.9. The van der Waals surface area contributed by atoms with Crippen LogP contribution in [-0.4, -0.2) is 42.7 Å². The van der Waals surface area contributed by atoms with E-state index in [1.807, 2.05) is 50.2 Å². The number of rotatable bonds is 8. The number of piperidine rings is 1. The summed E-state index contributed by atoms with van der Waals surface area (Å²) in [4.78, 5) is 14.4. The summed E-state index contributed by atoms with van der Waals surface area (Å²) in [5.74, 6) is 1.35. The Kier molecular flexibility index (Phi) is 7.88. The van der Waals surface area contributed by atoms with E-state index in [-0.39, 0.29) is 11.8 Å². The van der Waals surface area contributed by atoms with Gasteiger partial charge in [-0.2, -0.15) is 0 Å². The number of carbonyl (C=O) groups is 1. The maximum absolute atomic E-state index is 12.0. The van der Waals surface area contributed by atoms with Crippen LogP contribution in [0.15, 0.2) is 48.5 Å². The van der Waals surface area contributed by atoms with E-state index in [0.29, 0.717) is 5.92 Å². The molecule has 0 aromatic heterocycles. The highest BCUT2D eigenvalue weighted by Gasteiger charge is 2.21. The Labute approximate surface area is 180 Å². The Morgan fingerprint density at radius 1 is 1.17 bits per heavy atom. The zero-order chi connectivity index (χ0) is 21.5. The van der Waals surface area contributed by atoms with Crippen molar-refractivity contribution in [2.45, 2.75) is 45.1 Å². The van der Waals surface area contributed by atoms with E-state index in [1.165, 1.54) is 5.56 Å². The number of carbonyl (C=O) groups excluding carboxylic acids is 1. The summed E-state index contributed by atoms with van der Waals surface area (Å²) in [5.41, 5.74) is 3.12. The molecule has 0 saturated carbocycles. The minimum atomic E-state index is -0.449. The summed E-state index contributed by atoms with van der Waals surface area (Å²) >= 11 is 0. The average molecular weight is 411 g/mol. The molecule has 3 rings (SSSR count). The van der Waals surface area contributed by atoms with Crippen LogP contribution in [0.1, 0.15) is 56.3 Å². The zero-order valence-corrected chi connectivity index (χ0v) is 18.3. The molecule has 30 heavy (non-hydrogen) atoms. The molecule has 0 bridgehead atoms. The quantitative estimate of drug-likeness (QED) is 0.668. The van der Waals surface area contributed by atoms with E-state index in [2.05, 4.69) is 22.3 Å². The Hall–Kier alpha value is -2.37. The molecule has 1 aliphatic heterocycles. The van der Waals surface area contributed by atoms with Gasteiger partial charge in [0, 0.05) is 18.2 Å². The molecule has 1 amide bonds. The van der Waals surface area contributed by atoms with Gasteiger partial charge in [-0.1, -0.05) is 38.1 Å². The summed E-state index contributed by atoms with van der Waals surface area (Å²) in [6.07, 6.45) is 2.48. The van der Waals surface area contributed by atoms with Crippen LogP contribution in [-0.2, 0) is 4.79 Å². The maximum atomic E-state index is 12.0. The molecule has 1 saturated heterocycles. The smallest absolute Gasteiger partial charge is 0.226 e. The van der Waals surface area contributed by atoms with E-state index >= 15 is 0 Å². The summed E-state index contributed by atoms with van der Waals surface area (Å²) in [5, 5.41) is 13.5. The van der Waals surface area contributed by atoms with Gasteiger partial charge in [0.15, 0.2) is 0 Å². The molecule has 1 atom stereocenters. The molecule has 2 aromatic carbocycles. The van der Waals surface area contributed by atoms with Gasteiger partial charge in [0.1, 0.15) is 5.75 Å². The number of hydrogen-bond acceptors (Lipinski definition) is 4. The van der Waals surface area contributed by atoms with Gasteiger partial charge in [-0.25, -0.2) is 0 Å². The number of aliphatic hydroxyl groups excluding tert-OH is 1. The van der Waals surface area contributed by atoms with Gasteiger partial charge in [-0.3, -0.25) is 4.79 Å². The summed E-state index contributed by atoms with van der Waals surface area (Å²) < 4.78 is 5.18. The van der Waals surface area contributed by atoms with Gasteiger partial charge < -0.3 is 20.1 Å². The van der Waals surface area contributed by atoms with Crippen molar-refractivity contribution in [2.24, 2.45) is 5.92 Å². The first kappa shape index (κ1) is 22.3. The molecule has 5 heteroatoms. The Balaban J connectivity index is 1.47. The van der Waals surface area contributed by atoms with Crippen LogP contribution in [0.2, 0.25) is 0 Å². The van der Waals surface area contributed by atoms with E-state index < -0.39 is 6.10 Å². The number of likely N-dealkylation sites (tertiary alicyclic amines) is 1. The zero-order valence-electron chi connectivity index (χ0n) is 18.3. The Bertz CT molecular complexity index is 811. The standard InChI is InChI=1S/C25H34N2O3/c1-18(2)25(29)26-22-6-4-5-21(17-22)19-11-14-27(15-12-19)16-13-24(28)20-7-9-23(30-3)10-8-20/h4-10,17-19,24,28H,11-16H2,1-3H3,(H,26,29). The van der Waals surface area contributed by atoms with Gasteiger partial charge in [0.25, 0.3) is 0 Å². The lowest BCUT2D eigenvalue weighted by atomic mass is 9.89. The monoisotopic (exact) mass is 410 g/mol. The molecule has 0 aliphatic carbocycles. The highest BCUT2D eigenvalue weighted by atomic mass is 16.5. The fourth-order valence-corrected chi connectivity index (χ4v) is 3.94.